The van der Waals surface area contributed by atoms with Gasteiger partial charge in [-0.05, 0) is 17.4 Å². The zero-order chi connectivity index (χ0) is 11.8. The van der Waals surface area contributed by atoms with Crippen LogP contribution in [0.5, 0.6) is 0 Å². The third-order valence-electron chi connectivity index (χ3n) is 2.31. The summed E-state index contributed by atoms with van der Waals surface area (Å²) in [5, 5.41) is 3.53. The maximum atomic E-state index is 12.4. The van der Waals surface area contributed by atoms with Gasteiger partial charge in [-0.3, -0.25) is 4.99 Å². The van der Waals surface area contributed by atoms with Gasteiger partial charge in [-0.1, -0.05) is 6.07 Å². The van der Waals surface area contributed by atoms with Gasteiger partial charge in [0, 0.05) is 12.1 Å². The number of hydrogen-bond donors (Lipinski definition) is 1. The number of aliphatic imine (C=N–C) groups is 1. The molecule has 0 saturated heterocycles. The number of halogens is 3. The second kappa shape index (κ2) is 4.06. The second-order valence-corrected chi connectivity index (χ2v) is 4.08. The Kier molecular flexibility index (Phi) is 2.89. The molecule has 1 aliphatic rings. The Morgan fingerprint density at radius 2 is 2.06 bits per heavy atom. The summed E-state index contributed by atoms with van der Waals surface area (Å²) < 4.78 is 37.3. The molecule has 1 aromatic carbocycles. The molecule has 1 aliphatic heterocycles. The molecular weight excluding hydrogens is 236 g/mol. The van der Waals surface area contributed by atoms with Gasteiger partial charge in [0.25, 0.3) is 0 Å². The lowest BCUT2D eigenvalue weighted by atomic mass is 10.1. The van der Waals surface area contributed by atoms with Crippen LogP contribution in [0.2, 0.25) is 0 Å². The number of nitrogens with zero attached hydrogens (tertiary/aromatic N) is 1. The van der Waals surface area contributed by atoms with Gasteiger partial charge in [-0.2, -0.15) is 13.2 Å². The van der Waals surface area contributed by atoms with Crippen LogP contribution in [0.15, 0.2) is 23.2 Å². The highest BCUT2D eigenvalue weighted by atomic mass is 31.0. The van der Waals surface area contributed by atoms with Crippen LogP contribution in [-0.4, -0.2) is 18.9 Å². The Morgan fingerprint density at radius 1 is 1.31 bits per heavy atom. The summed E-state index contributed by atoms with van der Waals surface area (Å²) in [6.45, 7) is 1.40. The Hall–Kier alpha value is -1.09. The molecule has 0 amide bonds. The summed E-state index contributed by atoms with van der Waals surface area (Å²) in [5.41, 5.74) is 0.0651. The molecule has 1 N–H and O–H groups in total. The monoisotopic (exact) mass is 246 g/mol. The molecule has 86 valence electrons. The minimum Gasteiger partial charge on any atom is -0.368 e. The molecule has 1 unspecified atom stereocenters. The molecule has 2 rings (SSSR count). The molecule has 1 heterocycles. The third kappa shape index (κ3) is 2.19. The molecule has 0 aromatic heterocycles. The van der Waals surface area contributed by atoms with E-state index in [9.17, 15) is 13.2 Å². The lowest BCUT2D eigenvalue weighted by molar-refractivity contribution is -0.137. The van der Waals surface area contributed by atoms with Gasteiger partial charge in [-0.25, -0.2) is 0 Å². The lowest BCUT2D eigenvalue weighted by Gasteiger charge is -2.11. The summed E-state index contributed by atoms with van der Waals surface area (Å²) in [4.78, 5) is 4.17. The third-order valence-corrected chi connectivity index (χ3v) is 2.79. The predicted molar refractivity (Wildman–Crippen MR) is 60.2 cm³/mol. The van der Waals surface area contributed by atoms with E-state index < -0.39 is 11.7 Å². The van der Waals surface area contributed by atoms with Crippen molar-refractivity contribution in [2.24, 2.45) is 4.99 Å². The summed E-state index contributed by atoms with van der Waals surface area (Å²) in [5.74, 6) is 0.665. The Labute approximate surface area is 93.2 Å². The molecule has 16 heavy (non-hydrogen) atoms. The minimum absolute atomic E-state index is 0.503. The molecule has 1 aromatic rings. The molecule has 2 nitrogen and oxygen atoms in total. The summed E-state index contributed by atoms with van der Waals surface area (Å²) in [6, 6.07) is 3.64. The molecule has 0 fully saturated rings. The van der Waals surface area contributed by atoms with Crippen LogP contribution in [0.4, 0.5) is 13.2 Å². The minimum atomic E-state index is -4.30. The average Bonchev–Trinajstić information content (AvgIpc) is 2.69. The van der Waals surface area contributed by atoms with Crippen LogP contribution in [0, 0.1) is 0 Å². The van der Waals surface area contributed by atoms with E-state index >= 15 is 0 Å². The fourth-order valence-corrected chi connectivity index (χ4v) is 1.95. The Balaban J connectivity index is 2.37. The van der Waals surface area contributed by atoms with Crippen LogP contribution in [0.3, 0.4) is 0 Å². The Morgan fingerprint density at radius 3 is 2.56 bits per heavy atom. The zero-order valence-electron chi connectivity index (χ0n) is 8.30. The van der Waals surface area contributed by atoms with Crippen molar-refractivity contribution in [2.75, 3.05) is 13.1 Å². The molecule has 0 aliphatic carbocycles. The van der Waals surface area contributed by atoms with E-state index in [0.29, 0.717) is 23.2 Å². The lowest BCUT2D eigenvalue weighted by Crippen LogP contribution is -2.24. The van der Waals surface area contributed by atoms with E-state index in [1.54, 1.807) is 0 Å². The normalized spacial score (nSPS) is 15.9. The van der Waals surface area contributed by atoms with Gasteiger partial charge in [-0.15, -0.1) is 9.24 Å². The summed E-state index contributed by atoms with van der Waals surface area (Å²) in [6.07, 6.45) is -4.30. The number of alkyl halides is 3. The van der Waals surface area contributed by atoms with E-state index in [2.05, 4.69) is 19.5 Å². The first-order chi connectivity index (χ1) is 7.48. The van der Waals surface area contributed by atoms with Gasteiger partial charge >= 0.3 is 6.18 Å². The van der Waals surface area contributed by atoms with Crippen molar-refractivity contribution >= 4 is 20.4 Å². The number of nitrogens with one attached hydrogen (secondary N) is 1. The van der Waals surface area contributed by atoms with Crippen LogP contribution >= 0.6 is 9.24 Å². The number of rotatable bonds is 1. The fraction of sp³-hybridized carbons (Fsp3) is 0.300. The molecule has 0 bridgehead atoms. The first-order valence-corrected chi connectivity index (χ1v) is 5.31. The van der Waals surface area contributed by atoms with E-state index in [0.717, 1.165) is 18.7 Å². The van der Waals surface area contributed by atoms with Gasteiger partial charge in [0.15, 0.2) is 0 Å². The molecular formula is C10H10F3N2P. The van der Waals surface area contributed by atoms with Gasteiger partial charge in [0.1, 0.15) is 5.84 Å². The van der Waals surface area contributed by atoms with Crippen LogP contribution < -0.4 is 10.6 Å². The molecule has 0 saturated carbocycles. The second-order valence-electron chi connectivity index (χ2n) is 3.46. The predicted octanol–water partition coefficient (Wildman–Crippen LogP) is 1.56. The molecule has 1 atom stereocenters. The maximum Gasteiger partial charge on any atom is 0.416 e. The largest absolute Gasteiger partial charge is 0.416 e. The van der Waals surface area contributed by atoms with Crippen LogP contribution in [0.25, 0.3) is 0 Å². The first kappa shape index (κ1) is 11.4. The van der Waals surface area contributed by atoms with Crippen molar-refractivity contribution in [3.8, 4) is 0 Å². The molecule has 6 heteroatoms. The van der Waals surface area contributed by atoms with Crippen molar-refractivity contribution in [2.45, 2.75) is 6.18 Å². The molecule has 0 spiro atoms. The zero-order valence-corrected chi connectivity index (χ0v) is 9.46. The van der Waals surface area contributed by atoms with Crippen LogP contribution in [-0.2, 0) is 6.18 Å². The van der Waals surface area contributed by atoms with Crippen molar-refractivity contribution < 1.29 is 13.2 Å². The maximum absolute atomic E-state index is 12.4. The first-order valence-electron chi connectivity index (χ1n) is 4.74. The highest BCUT2D eigenvalue weighted by molar-refractivity contribution is 7.27. The van der Waals surface area contributed by atoms with Crippen molar-refractivity contribution in [3.63, 3.8) is 0 Å². The van der Waals surface area contributed by atoms with Crippen molar-refractivity contribution in [1.82, 2.24) is 5.32 Å². The van der Waals surface area contributed by atoms with Crippen molar-refractivity contribution in [1.29, 1.82) is 0 Å². The standard InChI is InChI=1S/C10H10F3N2P/c11-10(12,13)6-1-2-7(8(16)5-6)9-14-3-4-15-9/h1-2,5H,3-4,16H2,(H,14,15). The van der Waals surface area contributed by atoms with Gasteiger partial charge in [0.05, 0.1) is 12.1 Å². The average molecular weight is 246 g/mol. The summed E-state index contributed by atoms with van der Waals surface area (Å²) >= 11 is 0. The van der Waals surface area contributed by atoms with E-state index in [1.165, 1.54) is 6.07 Å². The quantitative estimate of drug-likeness (QED) is 0.747. The SMILES string of the molecule is FC(F)(F)c1ccc(C2=NCCN2)c(P)c1. The number of hydrogen-bond acceptors (Lipinski definition) is 2. The van der Waals surface area contributed by atoms with E-state index in [-0.39, 0.29) is 0 Å². The van der Waals surface area contributed by atoms with Crippen molar-refractivity contribution in [3.05, 3.63) is 29.3 Å². The smallest absolute Gasteiger partial charge is 0.368 e. The molecule has 0 radical (unpaired) electrons. The van der Waals surface area contributed by atoms with E-state index in [1.807, 2.05) is 0 Å². The summed E-state index contributed by atoms with van der Waals surface area (Å²) in [7, 11) is 2.31. The topological polar surface area (TPSA) is 24.4 Å². The van der Waals surface area contributed by atoms with E-state index in [4.69, 9.17) is 0 Å². The van der Waals surface area contributed by atoms with Gasteiger partial charge < -0.3 is 5.32 Å². The van der Waals surface area contributed by atoms with Crippen LogP contribution in [0.1, 0.15) is 11.1 Å². The Bertz CT molecular complexity index is 440. The van der Waals surface area contributed by atoms with Gasteiger partial charge in [0.2, 0.25) is 0 Å². The highest BCUT2D eigenvalue weighted by Gasteiger charge is 2.30. The number of amidine groups is 1. The fourth-order valence-electron chi connectivity index (χ4n) is 1.53. The number of benzene rings is 1. The highest BCUT2D eigenvalue weighted by Crippen LogP contribution is 2.29.